The van der Waals surface area contributed by atoms with Gasteiger partial charge in [-0.1, -0.05) is 0 Å². The third kappa shape index (κ3) is 3.56. The molecule has 76 valence electrons. The van der Waals surface area contributed by atoms with Crippen LogP contribution in [-0.4, -0.2) is 17.7 Å². The van der Waals surface area contributed by atoms with Crippen molar-refractivity contribution in [3.63, 3.8) is 0 Å². The number of rotatable bonds is 5. The summed E-state index contributed by atoms with van der Waals surface area (Å²) in [5, 5.41) is -0.461. The van der Waals surface area contributed by atoms with Crippen LogP contribution >= 0.6 is 23.2 Å². The molecule has 0 spiro atoms. The predicted molar refractivity (Wildman–Crippen MR) is 57.5 cm³/mol. The van der Waals surface area contributed by atoms with Crippen molar-refractivity contribution in [2.45, 2.75) is 6.42 Å². The fourth-order valence-corrected chi connectivity index (χ4v) is 1.16. The molecule has 0 saturated carbocycles. The van der Waals surface area contributed by atoms with E-state index in [2.05, 4.69) is 0 Å². The van der Waals surface area contributed by atoms with Gasteiger partial charge in [-0.25, -0.2) is 0 Å². The molecule has 0 atom stereocenters. The van der Waals surface area contributed by atoms with Gasteiger partial charge in [-0.3, -0.25) is 4.79 Å². The van der Waals surface area contributed by atoms with Crippen molar-refractivity contribution in [1.82, 2.24) is 0 Å². The molecule has 0 heterocycles. The summed E-state index contributed by atoms with van der Waals surface area (Å²) in [4.78, 5) is 10.7. The van der Waals surface area contributed by atoms with Crippen LogP contribution in [0, 0.1) is 0 Å². The lowest BCUT2D eigenvalue weighted by molar-refractivity contribution is 0.108. The van der Waals surface area contributed by atoms with E-state index < -0.39 is 5.24 Å². The van der Waals surface area contributed by atoms with Crippen LogP contribution < -0.4 is 4.74 Å². The van der Waals surface area contributed by atoms with E-state index in [0.29, 0.717) is 18.1 Å². The molecule has 4 heteroatoms. The highest BCUT2D eigenvalue weighted by Gasteiger charge is 2.00. The molecule has 0 fully saturated rings. The first-order chi connectivity index (χ1) is 6.74. The molecule has 0 aliphatic heterocycles. The van der Waals surface area contributed by atoms with Crippen molar-refractivity contribution in [3.8, 4) is 5.75 Å². The van der Waals surface area contributed by atoms with Crippen LogP contribution in [-0.2, 0) is 0 Å². The monoisotopic (exact) mass is 232 g/mol. The molecule has 0 N–H and O–H groups in total. The van der Waals surface area contributed by atoms with E-state index in [0.717, 1.165) is 12.2 Å². The van der Waals surface area contributed by atoms with E-state index >= 15 is 0 Å². The second kappa shape index (κ2) is 5.89. The van der Waals surface area contributed by atoms with Crippen LogP contribution in [0.3, 0.4) is 0 Å². The second-order valence-electron chi connectivity index (χ2n) is 2.69. The molecule has 0 bridgehead atoms. The summed E-state index contributed by atoms with van der Waals surface area (Å²) in [6, 6.07) is 6.68. The summed E-state index contributed by atoms with van der Waals surface area (Å²) in [5.74, 6) is 1.30. The van der Waals surface area contributed by atoms with Gasteiger partial charge in [0.15, 0.2) is 0 Å². The number of carbonyl (C=O) groups is 1. The van der Waals surface area contributed by atoms with Gasteiger partial charge in [0.05, 0.1) is 6.61 Å². The van der Waals surface area contributed by atoms with Gasteiger partial charge in [0.25, 0.3) is 5.24 Å². The number of benzene rings is 1. The molecule has 1 aromatic carbocycles. The molecular formula is C10H10Cl2O2. The van der Waals surface area contributed by atoms with Gasteiger partial charge in [-0.2, -0.15) is 0 Å². The summed E-state index contributed by atoms with van der Waals surface area (Å²) in [6.07, 6.45) is 0.803. The maximum Gasteiger partial charge on any atom is 0.252 e. The topological polar surface area (TPSA) is 26.3 Å². The highest BCUT2D eigenvalue weighted by molar-refractivity contribution is 6.67. The minimum atomic E-state index is -0.461. The van der Waals surface area contributed by atoms with Crippen molar-refractivity contribution in [1.29, 1.82) is 0 Å². The van der Waals surface area contributed by atoms with Crippen molar-refractivity contribution in [2.75, 3.05) is 12.5 Å². The Hall–Kier alpha value is -0.730. The van der Waals surface area contributed by atoms with E-state index in [9.17, 15) is 4.79 Å². The SMILES string of the molecule is O=C(Cl)c1ccc(OCCCCl)cc1. The average Bonchev–Trinajstić information content (AvgIpc) is 2.19. The number of hydrogen-bond donors (Lipinski definition) is 0. The highest BCUT2D eigenvalue weighted by atomic mass is 35.5. The van der Waals surface area contributed by atoms with E-state index in [4.69, 9.17) is 27.9 Å². The molecule has 14 heavy (non-hydrogen) atoms. The van der Waals surface area contributed by atoms with Gasteiger partial charge in [0.1, 0.15) is 5.75 Å². The van der Waals surface area contributed by atoms with E-state index in [1.807, 2.05) is 0 Å². The highest BCUT2D eigenvalue weighted by Crippen LogP contribution is 2.13. The minimum absolute atomic E-state index is 0.461. The largest absolute Gasteiger partial charge is 0.494 e. The molecule has 0 aliphatic rings. The first-order valence-electron chi connectivity index (χ1n) is 4.22. The molecule has 0 aromatic heterocycles. The maximum atomic E-state index is 10.7. The molecule has 0 amide bonds. The number of hydrogen-bond acceptors (Lipinski definition) is 2. The van der Waals surface area contributed by atoms with Gasteiger partial charge >= 0.3 is 0 Å². The number of halogens is 2. The Bertz CT molecular complexity index is 295. The Morgan fingerprint density at radius 1 is 1.29 bits per heavy atom. The lowest BCUT2D eigenvalue weighted by Gasteiger charge is -2.04. The zero-order valence-corrected chi connectivity index (χ0v) is 9.02. The van der Waals surface area contributed by atoms with Crippen molar-refractivity contribution in [3.05, 3.63) is 29.8 Å². The Kier molecular flexibility index (Phi) is 4.77. The molecule has 0 saturated heterocycles. The number of ether oxygens (including phenoxy) is 1. The average molecular weight is 233 g/mol. The molecule has 2 nitrogen and oxygen atoms in total. The van der Waals surface area contributed by atoms with Crippen molar-refractivity contribution in [2.24, 2.45) is 0 Å². The number of carbonyl (C=O) groups excluding carboxylic acids is 1. The Labute approximate surface area is 92.8 Å². The lowest BCUT2D eigenvalue weighted by Crippen LogP contribution is -1.98. The Morgan fingerprint density at radius 2 is 1.93 bits per heavy atom. The summed E-state index contributed by atoms with van der Waals surface area (Å²) in [6.45, 7) is 0.581. The first kappa shape index (κ1) is 11.3. The van der Waals surface area contributed by atoms with Crippen LogP contribution in [0.15, 0.2) is 24.3 Å². The van der Waals surface area contributed by atoms with Gasteiger partial charge < -0.3 is 4.74 Å². The summed E-state index contributed by atoms with van der Waals surface area (Å²) in [7, 11) is 0. The lowest BCUT2D eigenvalue weighted by atomic mass is 10.2. The standard InChI is InChI=1S/C10H10Cl2O2/c11-6-1-7-14-9-4-2-8(3-5-9)10(12)13/h2-5H,1,6-7H2. The van der Waals surface area contributed by atoms with Crippen LogP contribution in [0.1, 0.15) is 16.8 Å². The predicted octanol–water partition coefficient (Wildman–Crippen LogP) is 3.07. The molecule has 1 rings (SSSR count). The third-order valence-electron chi connectivity index (χ3n) is 1.63. The van der Waals surface area contributed by atoms with Crippen molar-refractivity contribution < 1.29 is 9.53 Å². The van der Waals surface area contributed by atoms with E-state index in [1.165, 1.54) is 0 Å². The summed E-state index contributed by atoms with van der Waals surface area (Å²) >= 11 is 10.8. The molecule has 1 aromatic rings. The van der Waals surface area contributed by atoms with Crippen LogP contribution in [0.25, 0.3) is 0 Å². The van der Waals surface area contributed by atoms with Crippen LogP contribution in [0.2, 0.25) is 0 Å². The van der Waals surface area contributed by atoms with Gasteiger partial charge in [0, 0.05) is 11.4 Å². The molecule has 0 radical (unpaired) electrons. The normalized spacial score (nSPS) is 9.86. The van der Waals surface area contributed by atoms with E-state index in [1.54, 1.807) is 24.3 Å². The molecular weight excluding hydrogens is 223 g/mol. The quantitative estimate of drug-likeness (QED) is 0.443. The molecule has 0 aliphatic carbocycles. The smallest absolute Gasteiger partial charge is 0.252 e. The van der Waals surface area contributed by atoms with Gasteiger partial charge in [0.2, 0.25) is 0 Å². The minimum Gasteiger partial charge on any atom is -0.494 e. The second-order valence-corrected chi connectivity index (χ2v) is 3.41. The number of alkyl halides is 1. The van der Waals surface area contributed by atoms with Gasteiger partial charge in [-0.15, -0.1) is 11.6 Å². The first-order valence-corrected chi connectivity index (χ1v) is 5.14. The third-order valence-corrected chi connectivity index (χ3v) is 2.11. The Morgan fingerprint density at radius 3 is 2.43 bits per heavy atom. The zero-order chi connectivity index (χ0) is 10.4. The molecule has 0 unspecified atom stereocenters. The fraction of sp³-hybridized carbons (Fsp3) is 0.300. The Balaban J connectivity index is 2.51. The van der Waals surface area contributed by atoms with Crippen molar-refractivity contribution >= 4 is 28.4 Å². The summed E-state index contributed by atoms with van der Waals surface area (Å²) < 4.78 is 5.34. The summed E-state index contributed by atoms with van der Waals surface area (Å²) in [5.41, 5.74) is 0.469. The zero-order valence-electron chi connectivity index (χ0n) is 7.50. The fourth-order valence-electron chi connectivity index (χ4n) is 0.927. The van der Waals surface area contributed by atoms with E-state index in [-0.39, 0.29) is 0 Å². The van der Waals surface area contributed by atoms with Crippen LogP contribution in [0.5, 0.6) is 5.75 Å². The maximum absolute atomic E-state index is 10.7. The van der Waals surface area contributed by atoms with Crippen LogP contribution in [0.4, 0.5) is 0 Å². The van der Waals surface area contributed by atoms with Gasteiger partial charge in [-0.05, 0) is 42.3 Å².